The highest BCUT2D eigenvalue weighted by molar-refractivity contribution is 4.97. The summed E-state index contributed by atoms with van der Waals surface area (Å²) in [5, 5.41) is 0. The monoisotopic (exact) mass is 252 g/mol. The minimum absolute atomic E-state index is 0.293. The molecule has 0 aromatic rings. The molecule has 2 atom stereocenters. The van der Waals surface area contributed by atoms with Gasteiger partial charge in [0.2, 0.25) is 0 Å². The van der Waals surface area contributed by atoms with Crippen LogP contribution >= 0.6 is 0 Å². The summed E-state index contributed by atoms with van der Waals surface area (Å²) in [7, 11) is 0. The van der Waals surface area contributed by atoms with Crippen LogP contribution < -0.4 is 5.73 Å². The van der Waals surface area contributed by atoms with Crippen LogP contribution in [0.4, 0.5) is 0 Å². The second-order valence-corrected chi connectivity index (χ2v) is 6.76. The van der Waals surface area contributed by atoms with Gasteiger partial charge in [-0.25, -0.2) is 0 Å². The minimum Gasteiger partial charge on any atom is -0.375 e. The summed E-state index contributed by atoms with van der Waals surface area (Å²) >= 11 is 0. The van der Waals surface area contributed by atoms with Gasteiger partial charge in [0.05, 0.1) is 5.60 Å². The first-order valence-corrected chi connectivity index (χ1v) is 7.82. The summed E-state index contributed by atoms with van der Waals surface area (Å²) in [6.45, 7) is 5.66. The molecular formula is C15H28N2O. The third-order valence-corrected chi connectivity index (χ3v) is 5.57. The van der Waals surface area contributed by atoms with E-state index < -0.39 is 0 Å². The number of hydrogen-bond acceptors (Lipinski definition) is 3. The predicted molar refractivity (Wildman–Crippen MR) is 73.5 cm³/mol. The molecule has 1 aliphatic carbocycles. The van der Waals surface area contributed by atoms with Gasteiger partial charge in [-0.1, -0.05) is 0 Å². The van der Waals surface area contributed by atoms with Crippen molar-refractivity contribution in [2.24, 2.45) is 11.7 Å². The van der Waals surface area contributed by atoms with E-state index in [9.17, 15) is 0 Å². The summed E-state index contributed by atoms with van der Waals surface area (Å²) in [5.74, 6) is 0.749. The Morgan fingerprint density at radius 1 is 1.22 bits per heavy atom. The lowest BCUT2D eigenvalue weighted by Gasteiger charge is -2.50. The molecular weight excluding hydrogens is 224 g/mol. The van der Waals surface area contributed by atoms with Crippen molar-refractivity contribution in [1.82, 2.24) is 4.90 Å². The normalized spacial score (nSPS) is 35.3. The largest absolute Gasteiger partial charge is 0.375 e. The van der Waals surface area contributed by atoms with E-state index >= 15 is 0 Å². The van der Waals surface area contributed by atoms with Gasteiger partial charge >= 0.3 is 0 Å². The zero-order valence-corrected chi connectivity index (χ0v) is 11.7. The molecule has 2 aliphatic heterocycles. The Morgan fingerprint density at radius 3 is 2.50 bits per heavy atom. The van der Waals surface area contributed by atoms with Crippen molar-refractivity contribution in [3.8, 4) is 0 Å². The Kier molecular flexibility index (Phi) is 3.65. The van der Waals surface area contributed by atoms with Gasteiger partial charge in [-0.15, -0.1) is 0 Å². The number of ether oxygens (including phenoxy) is 1. The number of rotatable bonds is 2. The van der Waals surface area contributed by atoms with Crippen LogP contribution in [0.5, 0.6) is 0 Å². The summed E-state index contributed by atoms with van der Waals surface area (Å²) in [4.78, 5) is 2.72. The van der Waals surface area contributed by atoms with Crippen molar-refractivity contribution in [2.75, 3.05) is 19.7 Å². The fourth-order valence-corrected chi connectivity index (χ4v) is 4.04. The molecule has 0 amide bonds. The van der Waals surface area contributed by atoms with Crippen molar-refractivity contribution in [2.45, 2.75) is 69.6 Å². The van der Waals surface area contributed by atoms with E-state index in [1.165, 1.54) is 58.0 Å². The summed E-state index contributed by atoms with van der Waals surface area (Å²) in [6, 6.07) is 1.16. The highest BCUT2D eigenvalue weighted by Gasteiger charge is 2.44. The maximum absolute atomic E-state index is 6.04. The standard InChI is InChI=1S/C15H28N2O/c1-12(16)13-3-8-17(9-4-13)14-5-10-18-15(11-14)6-2-7-15/h12-14H,2-11,16H2,1H3. The Hall–Kier alpha value is -0.120. The third-order valence-electron chi connectivity index (χ3n) is 5.57. The second-order valence-electron chi connectivity index (χ2n) is 6.76. The molecule has 1 spiro atoms. The van der Waals surface area contributed by atoms with Gasteiger partial charge in [0.1, 0.15) is 0 Å². The molecule has 3 aliphatic rings. The maximum atomic E-state index is 6.04. The SMILES string of the molecule is CC(N)C1CCN(C2CCOC3(CCC3)C2)CC1. The molecule has 3 heteroatoms. The smallest absolute Gasteiger partial charge is 0.0697 e. The molecule has 2 unspecified atom stereocenters. The summed E-state index contributed by atoms with van der Waals surface area (Å²) in [6.07, 6.45) is 9.10. The number of piperidine rings is 1. The van der Waals surface area contributed by atoms with Crippen LogP contribution in [0.1, 0.15) is 51.9 Å². The average Bonchev–Trinajstić information content (AvgIpc) is 2.37. The Labute approximate surface area is 111 Å². The van der Waals surface area contributed by atoms with Gasteiger partial charge in [0.15, 0.2) is 0 Å². The molecule has 2 heterocycles. The van der Waals surface area contributed by atoms with Crippen molar-refractivity contribution >= 4 is 0 Å². The van der Waals surface area contributed by atoms with Crippen molar-refractivity contribution in [1.29, 1.82) is 0 Å². The van der Waals surface area contributed by atoms with Crippen LogP contribution in [-0.2, 0) is 4.74 Å². The first kappa shape index (κ1) is 12.9. The lowest BCUT2D eigenvalue weighted by atomic mass is 9.73. The third kappa shape index (κ3) is 2.45. The van der Waals surface area contributed by atoms with Gasteiger partial charge in [0.25, 0.3) is 0 Å². The lowest BCUT2D eigenvalue weighted by Crippen LogP contribution is -2.54. The molecule has 3 fully saturated rings. The van der Waals surface area contributed by atoms with Crippen LogP contribution in [0.3, 0.4) is 0 Å². The summed E-state index contributed by atoms with van der Waals surface area (Å²) < 4.78 is 6.04. The highest BCUT2D eigenvalue weighted by atomic mass is 16.5. The molecule has 3 rings (SSSR count). The number of nitrogens with two attached hydrogens (primary N) is 1. The molecule has 104 valence electrons. The lowest BCUT2D eigenvalue weighted by molar-refractivity contribution is -0.150. The molecule has 3 nitrogen and oxygen atoms in total. The van der Waals surface area contributed by atoms with E-state index in [0.717, 1.165) is 18.6 Å². The van der Waals surface area contributed by atoms with Crippen molar-refractivity contribution < 1.29 is 4.74 Å². The number of likely N-dealkylation sites (tertiary alicyclic amines) is 1. The molecule has 2 N–H and O–H groups in total. The van der Waals surface area contributed by atoms with E-state index in [4.69, 9.17) is 10.5 Å². The van der Waals surface area contributed by atoms with Crippen LogP contribution in [0, 0.1) is 5.92 Å². The first-order chi connectivity index (χ1) is 8.69. The minimum atomic E-state index is 0.293. The first-order valence-electron chi connectivity index (χ1n) is 7.82. The molecule has 0 radical (unpaired) electrons. The molecule has 0 aromatic carbocycles. The van der Waals surface area contributed by atoms with E-state index in [-0.39, 0.29) is 0 Å². The van der Waals surface area contributed by atoms with Crippen LogP contribution in [0.15, 0.2) is 0 Å². The Bertz CT molecular complexity index is 280. The molecule has 2 saturated heterocycles. The summed E-state index contributed by atoms with van der Waals surface area (Å²) in [5.41, 5.74) is 6.32. The Balaban J connectivity index is 1.53. The quantitative estimate of drug-likeness (QED) is 0.818. The zero-order valence-electron chi connectivity index (χ0n) is 11.7. The molecule has 0 aromatic heterocycles. The highest BCUT2D eigenvalue weighted by Crippen LogP contribution is 2.43. The average molecular weight is 252 g/mol. The van der Waals surface area contributed by atoms with Crippen LogP contribution in [0.25, 0.3) is 0 Å². The topological polar surface area (TPSA) is 38.5 Å². The Morgan fingerprint density at radius 2 is 1.94 bits per heavy atom. The molecule has 18 heavy (non-hydrogen) atoms. The fourth-order valence-electron chi connectivity index (χ4n) is 4.04. The predicted octanol–water partition coefficient (Wildman–Crippen LogP) is 2.15. The molecule has 1 saturated carbocycles. The van der Waals surface area contributed by atoms with E-state index in [0.29, 0.717) is 11.6 Å². The van der Waals surface area contributed by atoms with E-state index in [1.54, 1.807) is 0 Å². The number of hydrogen-bond donors (Lipinski definition) is 1. The van der Waals surface area contributed by atoms with Gasteiger partial charge in [-0.3, -0.25) is 0 Å². The van der Waals surface area contributed by atoms with Crippen molar-refractivity contribution in [3.63, 3.8) is 0 Å². The van der Waals surface area contributed by atoms with Gasteiger partial charge < -0.3 is 15.4 Å². The fraction of sp³-hybridized carbons (Fsp3) is 1.00. The van der Waals surface area contributed by atoms with E-state index in [2.05, 4.69) is 11.8 Å². The van der Waals surface area contributed by atoms with Crippen LogP contribution in [0.2, 0.25) is 0 Å². The van der Waals surface area contributed by atoms with Gasteiger partial charge in [-0.05, 0) is 70.9 Å². The van der Waals surface area contributed by atoms with Crippen molar-refractivity contribution in [3.05, 3.63) is 0 Å². The molecule has 0 bridgehead atoms. The second kappa shape index (κ2) is 5.10. The zero-order chi connectivity index (χ0) is 12.6. The van der Waals surface area contributed by atoms with Gasteiger partial charge in [-0.2, -0.15) is 0 Å². The van der Waals surface area contributed by atoms with Gasteiger partial charge in [0, 0.05) is 18.7 Å². The van der Waals surface area contributed by atoms with Crippen LogP contribution in [-0.4, -0.2) is 42.3 Å². The maximum Gasteiger partial charge on any atom is 0.0697 e. The van der Waals surface area contributed by atoms with E-state index in [1.807, 2.05) is 0 Å². The number of nitrogens with zero attached hydrogens (tertiary/aromatic N) is 1.